The molecule has 0 amide bonds. The van der Waals surface area contributed by atoms with E-state index in [4.69, 9.17) is 36.6 Å². The fourth-order valence-corrected chi connectivity index (χ4v) is 5.84. The summed E-state index contributed by atoms with van der Waals surface area (Å²) in [6.45, 7) is 3.64. The van der Waals surface area contributed by atoms with E-state index >= 15 is 0 Å². The number of para-hydroxylation sites is 2. The molecular formula is C34H40O9P2. The molecule has 0 heterocycles. The molecule has 4 aromatic rings. The quantitative estimate of drug-likeness (QED) is 0.0557. The van der Waals surface area contributed by atoms with Crippen LogP contribution in [-0.4, -0.2) is 27.8 Å². The Morgan fingerprint density at radius 3 is 2.04 bits per heavy atom. The highest BCUT2D eigenvalue weighted by atomic mass is 31.2. The number of hydrogen-bond acceptors (Lipinski definition) is 9. The summed E-state index contributed by atoms with van der Waals surface area (Å²) in [4.78, 5) is 0. The summed E-state index contributed by atoms with van der Waals surface area (Å²) < 4.78 is 58.9. The Morgan fingerprint density at radius 1 is 0.756 bits per heavy atom. The molecule has 4 aromatic carbocycles. The first-order valence-corrected chi connectivity index (χ1v) is 17.2. The highest BCUT2D eigenvalue weighted by molar-refractivity contribution is 7.48. The topological polar surface area (TPSA) is 90.9 Å². The number of aryl methyl sites for hydroxylation is 2. The van der Waals surface area contributed by atoms with E-state index in [0.29, 0.717) is 28.6 Å². The molecule has 0 aliphatic rings. The van der Waals surface area contributed by atoms with Gasteiger partial charge in [-0.15, -0.1) is 0 Å². The van der Waals surface area contributed by atoms with Crippen molar-refractivity contribution < 1.29 is 41.2 Å². The van der Waals surface area contributed by atoms with Crippen LogP contribution in [0.1, 0.15) is 37.3 Å². The lowest BCUT2D eigenvalue weighted by Gasteiger charge is -2.21. The van der Waals surface area contributed by atoms with E-state index in [1.54, 1.807) is 24.3 Å². The van der Waals surface area contributed by atoms with Crippen LogP contribution in [0.15, 0.2) is 97.1 Å². The van der Waals surface area contributed by atoms with Gasteiger partial charge in [0.2, 0.25) is 6.79 Å². The Bertz CT molecular complexity index is 1500. The van der Waals surface area contributed by atoms with Gasteiger partial charge in [-0.3, -0.25) is 9.05 Å². The van der Waals surface area contributed by atoms with E-state index < -0.39 is 23.2 Å². The summed E-state index contributed by atoms with van der Waals surface area (Å²) in [5.74, 6) is 2.01. The van der Waals surface area contributed by atoms with Crippen molar-refractivity contribution in [1.82, 2.24) is 0 Å². The van der Waals surface area contributed by atoms with Crippen molar-refractivity contribution in [2.75, 3.05) is 27.8 Å². The molecule has 0 aliphatic heterocycles. The number of phosphoric ester groups is 1. The maximum atomic E-state index is 13.2. The van der Waals surface area contributed by atoms with Gasteiger partial charge < -0.3 is 23.0 Å². The van der Waals surface area contributed by atoms with Crippen LogP contribution in [0.2, 0.25) is 0 Å². The van der Waals surface area contributed by atoms with Gasteiger partial charge in [0.1, 0.15) is 23.0 Å². The minimum atomic E-state index is -3.96. The number of unbranched alkanes of at least 4 members (excludes halogenated alkanes) is 2. The largest absolute Gasteiger partial charge is 0.532 e. The Morgan fingerprint density at radius 2 is 1.42 bits per heavy atom. The Hall–Kier alpha value is -3.42. The van der Waals surface area contributed by atoms with Crippen molar-refractivity contribution >= 4 is 16.4 Å². The van der Waals surface area contributed by atoms with Gasteiger partial charge >= 0.3 is 16.4 Å². The Labute approximate surface area is 266 Å². The molecule has 0 N–H and O–H groups in total. The van der Waals surface area contributed by atoms with Gasteiger partial charge in [-0.2, -0.15) is 0 Å². The molecule has 9 nitrogen and oxygen atoms in total. The number of hydrogen-bond donors (Lipinski definition) is 0. The van der Waals surface area contributed by atoms with Crippen LogP contribution in [-0.2, 0) is 29.1 Å². The molecule has 0 spiro atoms. The van der Waals surface area contributed by atoms with Gasteiger partial charge in [0.15, 0.2) is 6.79 Å². The Balaban J connectivity index is 1.59. The molecule has 11 heteroatoms. The second-order valence-corrected chi connectivity index (χ2v) is 12.9. The zero-order valence-corrected chi connectivity index (χ0v) is 27.8. The minimum absolute atomic E-state index is 0.136. The molecule has 2 atom stereocenters. The molecule has 0 fully saturated rings. The van der Waals surface area contributed by atoms with Gasteiger partial charge in [-0.1, -0.05) is 86.0 Å². The highest BCUT2D eigenvalue weighted by Crippen LogP contribution is 2.49. The minimum Gasteiger partial charge on any atom is -0.466 e. The van der Waals surface area contributed by atoms with Crippen molar-refractivity contribution in [3.05, 3.63) is 108 Å². The predicted molar refractivity (Wildman–Crippen MR) is 176 cm³/mol. The second kappa shape index (κ2) is 17.9. The predicted octanol–water partition coefficient (Wildman–Crippen LogP) is 9.89. The van der Waals surface area contributed by atoms with E-state index in [0.717, 1.165) is 42.4 Å². The summed E-state index contributed by atoms with van der Waals surface area (Å²) in [5, 5.41) is 0. The lowest BCUT2D eigenvalue weighted by atomic mass is 9.97. The zero-order chi connectivity index (χ0) is 31.9. The third-order valence-corrected chi connectivity index (χ3v) is 8.83. The lowest BCUT2D eigenvalue weighted by molar-refractivity contribution is 0.0777. The highest BCUT2D eigenvalue weighted by Gasteiger charge is 2.28. The van der Waals surface area contributed by atoms with Crippen LogP contribution in [0, 0.1) is 6.92 Å². The van der Waals surface area contributed by atoms with Crippen LogP contribution in [0.3, 0.4) is 0 Å². The molecule has 0 aliphatic carbocycles. The molecule has 45 heavy (non-hydrogen) atoms. The molecule has 0 bridgehead atoms. The number of rotatable bonds is 19. The average molecular weight is 655 g/mol. The monoisotopic (exact) mass is 654 g/mol. The molecular weight excluding hydrogens is 614 g/mol. The van der Waals surface area contributed by atoms with Crippen LogP contribution >= 0.6 is 16.4 Å². The molecule has 2 unspecified atom stereocenters. The van der Waals surface area contributed by atoms with Crippen molar-refractivity contribution in [2.45, 2.75) is 39.5 Å². The lowest BCUT2D eigenvalue weighted by Crippen LogP contribution is -2.09. The van der Waals surface area contributed by atoms with Gasteiger partial charge in [0.25, 0.3) is 0 Å². The first kappa shape index (κ1) is 34.5. The molecule has 0 saturated carbocycles. The van der Waals surface area contributed by atoms with Gasteiger partial charge in [0, 0.05) is 14.2 Å². The summed E-state index contributed by atoms with van der Waals surface area (Å²) >= 11 is 0. The van der Waals surface area contributed by atoms with E-state index in [-0.39, 0.29) is 6.79 Å². The number of ether oxygens (including phenoxy) is 2. The summed E-state index contributed by atoms with van der Waals surface area (Å²) in [6.07, 6.45) is 3.98. The fraction of sp³-hybridized carbons (Fsp3) is 0.294. The summed E-state index contributed by atoms with van der Waals surface area (Å²) in [5.41, 5.74) is 3.62. The second-order valence-electron chi connectivity index (χ2n) is 9.92. The maximum absolute atomic E-state index is 13.2. The third-order valence-electron chi connectivity index (χ3n) is 6.56. The molecule has 240 valence electrons. The standard InChI is InChI=1S/C34H40O9P2/c1-5-6-9-16-28-23-32(38-25-40-44(36-3)42-30-18-10-7-11-19-30)34(29-17-14-15-27(2)22-29)33(24-28)39-26-41-45(35,37-4)43-31-20-12-8-13-21-31/h7-8,10-15,17-24H,5-6,9,16,25-26H2,1-4H3. The van der Waals surface area contributed by atoms with E-state index in [2.05, 4.69) is 6.92 Å². The maximum Gasteiger partial charge on any atom is 0.532 e. The van der Waals surface area contributed by atoms with E-state index in [1.165, 1.54) is 14.2 Å². The Kier molecular flexibility index (Phi) is 13.7. The molecule has 0 radical (unpaired) electrons. The van der Waals surface area contributed by atoms with Crippen molar-refractivity contribution in [1.29, 1.82) is 0 Å². The third kappa shape index (κ3) is 10.9. The molecule has 0 aromatic heterocycles. The normalized spacial score (nSPS) is 13.1. The van der Waals surface area contributed by atoms with Crippen LogP contribution in [0.5, 0.6) is 23.0 Å². The van der Waals surface area contributed by atoms with Crippen LogP contribution < -0.4 is 18.5 Å². The van der Waals surface area contributed by atoms with Crippen LogP contribution in [0.4, 0.5) is 0 Å². The van der Waals surface area contributed by atoms with Gasteiger partial charge in [0.05, 0.1) is 5.56 Å². The summed E-state index contributed by atoms with van der Waals surface area (Å²) in [7, 11) is -2.89. The zero-order valence-electron chi connectivity index (χ0n) is 26.0. The molecule has 0 saturated heterocycles. The van der Waals surface area contributed by atoms with Crippen molar-refractivity contribution in [3.63, 3.8) is 0 Å². The first-order chi connectivity index (χ1) is 21.9. The van der Waals surface area contributed by atoms with Crippen molar-refractivity contribution in [3.8, 4) is 34.1 Å². The van der Waals surface area contributed by atoms with Gasteiger partial charge in [-0.25, -0.2) is 9.09 Å². The number of benzene rings is 4. The van der Waals surface area contributed by atoms with E-state index in [9.17, 15) is 4.57 Å². The van der Waals surface area contributed by atoms with Crippen LogP contribution in [0.25, 0.3) is 11.1 Å². The summed E-state index contributed by atoms with van der Waals surface area (Å²) in [6, 6.07) is 29.9. The van der Waals surface area contributed by atoms with E-state index in [1.807, 2.05) is 79.7 Å². The fourth-order valence-electron chi connectivity index (χ4n) is 4.38. The first-order valence-electron chi connectivity index (χ1n) is 14.7. The van der Waals surface area contributed by atoms with Crippen molar-refractivity contribution in [2.24, 2.45) is 0 Å². The average Bonchev–Trinajstić information content (AvgIpc) is 3.05. The van der Waals surface area contributed by atoms with Gasteiger partial charge in [-0.05, 0) is 67.3 Å². The smallest absolute Gasteiger partial charge is 0.466 e. The number of phosphoric acid groups is 1. The SMILES string of the molecule is CCCCCc1cc(OCOP(OC)Oc2ccccc2)c(-c2cccc(C)c2)c(OCOP(=O)(OC)Oc2ccccc2)c1. The molecule has 4 rings (SSSR count).